The molecule has 0 bridgehead atoms. The summed E-state index contributed by atoms with van der Waals surface area (Å²) in [4.78, 5) is 23.2. The van der Waals surface area contributed by atoms with Gasteiger partial charge in [-0.15, -0.1) is 0 Å². The highest BCUT2D eigenvalue weighted by Gasteiger charge is 2.31. The molecule has 1 aromatic rings. The summed E-state index contributed by atoms with van der Waals surface area (Å²) in [6.45, 7) is 2.64. The van der Waals surface area contributed by atoms with Crippen LogP contribution in [0.5, 0.6) is 0 Å². The maximum absolute atomic E-state index is 12.0. The van der Waals surface area contributed by atoms with Crippen LogP contribution >= 0.6 is 11.6 Å². The highest BCUT2D eigenvalue weighted by Crippen LogP contribution is 2.33. The summed E-state index contributed by atoms with van der Waals surface area (Å²) in [7, 11) is 0. The van der Waals surface area contributed by atoms with Crippen LogP contribution < -0.4 is 5.32 Å². The van der Waals surface area contributed by atoms with Crippen LogP contribution in [0.15, 0.2) is 18.2 Å². The molecule has 1 fully saturated rings. The maximum atomic E-state index is 12.0. The number of hydrogen-bond acceptors (Lipinski definition) is 3. The number of anilines is 1. The molecule has 1 aromatic carbocycles. The number of carbonyl (C=O) groups is 2. The fraction of sp³-hybridized carbons (Fsp3) is 0.467. The second kappa shape index (κ2) is 6.91. The number of aromatic carboxylic acids is 1. The number of hydrogen-bond donors (Lipinski definition) is 2. The highest BCUT2D eigenvalue weighted by molar-refractivity contribution is 6.34. The number of rotatable bonds is 6. The van der Waals surface area contributed by atoms with Crippen molar-refractivity contribution in [1.29, 1.82) is 0 Å². The molecule has 0 unspecified atom stereocenters. The molecule has 1 saturated carbocycles. The van der Waals surface area contributed by atoms with E-state index >= 15 is 0 Å². The minimum Gasteiger partial charge on any atom is -0.478 e. The smallest absolute Gasteiger partial charge is 0.339 e. The Morgan fingerprint density at radius 2 is 2.14 bits per heavy atom. The van der Waals surface area contributed by atoms with Crippen molar-refractivity contribution in [2.45, 2.75) is 32.3 Å². The Labute approximate surface area is 128 Å². The van der Waals surface area contributed by atoms with Crippen LogP contribution in [0.25, 0.3) is 0 Å². The van der Waals surface area contributed by atoms with Crippen LogP contribution in [0.4, 0.5) is 5.69 Å². The molecule has 1 aliphatic rings. The van der Waals surface area contributed by atoms with Crippen LogP contribution in [0.1, 0.15) is 36.5 Å². The fourth-order valence-electron chi connectivity index (χ4n) is 2.52. The molecule has 0 radical (unpaired) electrons. The molecule has 6 heteroatoms. The Bertz CT molecular complexity index is 540. The lowest BCUT2D eigenvalue weighted by molar-refractivity contribution is -0.119. The highest BCUT2D eigenvalue weighted by atomic mass is 35.5. The topological polar surface area (TPSA) is 75.6 Å². The van der Waals surface area contributed by atoms with Gasteiger partial charge in [0.05, 0.1) is 16.8 Å². The summed E-state index contributed by atoms with van der Waals surface area (Å²) in [5, 5.41) is 11.9. The monoisotopic (exact) mass is 311 g/mol. The van der Waals surface area contributed by atoms with E-state index in [1.54, 1.807) is 6.07 Å². The number of carbonyl (C=O) groups excluding carboxylic acids is 1. The van der Waals surface area contributed by atoms with Crippen LogP contribution in [0.2, 0.25) is 5.02 Å². The Balaban J connectivity index is 1.92. The Kier molecular flexibility index (Phi) is 5.20. The van der Waals surface area contributed by atoms with Gasteiger partial charge in [-0.05, 0) is 37.8 Å². The van der Waals surface area contributed by atoms with E-state index in [0.29, 0.717) is 18.9 Å². The molecule has 0 saturated heterocycles. The molecule has 1 aliphatic carbocycles. The Morgan fingerprint density at radius 3 is 2.76 bits per heavy atom. The van der Waals surface area contributed by atoms with E-state index in [9.17, 15) is 9.59 Å². The van der Waals surface area contributed by atoms with Crippen molar-refractivity contribution in [1.82, 2.24) is 0 Å². The summed E-state index contributed by atoms with van der Waals surface area (Å²) in [6, 6.07) is 4.63. The second-order valence-electron chi connectivity index (χ2n) is 5.13. The van der Waals surface area contributed by atoms with E-state index in [0.717, 1.165) is 12.8 Å². The van der Waals surface area contributed by atoms with E-state index in [-0.39, 0.29) is 28.3 Å². The van der Waals surface area contributed by atoms with E-state index in [2.05, 4.69) is 5.32 Å². The van der Waals surface area contributed by atoms with Crippen LogP contribution in [0.3, 0.4) is 0 Å². The molecule has 21 heavy (non-hydrogen) atoms. The molecule has 2 rings (SSSR count). The van der Waals surface area contributed by atoms with Gasteiger partial charge in [0, 0.05) is 13.0 Å². The number of ether oxygens (including phenoxy) is 1. The Hall–Kier alpha value is -1.59. The van der Waals surface area contributed by atoms with Gasteiger partial charge in [0.1, 0.15) is 5.56 Å². The van der Waals surface area contributed by atoms with Crippen molar-refractivity contribution >= 4 is 29.2 Å². The van der Waals surface area contributed by atoms with E-state index < -0.39 is 5.97 Å². The summed E-state index contributed by atoms with van der Waals surface area (Å²) in [5.74, 6) is -1.05. The predicted molar refractivity (Wildman–Crippen MR) is 79.8 cm³/mol. The molecule has 0 heterocycles. The molecular formula is C15H18ClNO4. The first-order chi connectivity index (χ1) is 10.0. The predicted octanol–water partition coefficient (Wildman–Crippen LogP) is 3.18. The lowest BCUT2D eigenvalue weighted by Crippen LogP contribution is -2.34. The number of amides is 1. The zero-order valence-electron chi connectivity index (χ0n) is 11.8. The van der Waals surface area contributed by atoms with E-state index in [1.165, 1.54) is 12.1 Å². The Morgan fingerprint density at radius 1 is 1.43 bits per heavy atom. The van der Waals surface area contributed by atoms with Gasteiger partial charge >= 0.3 is 5.97 Å². The summed E-state index contributed by atoms with van der Waals surface area (Å²) in [5.41, 5.74) is 0.161. The average Bonchev–Trinajstić information content (AvgIpc) is 2.35. The number of benzene rings is 1. The molecular weight excluding hydrogens is 294 g/mol. The van der Waals surface area contributed by atoms with Gasteiger partial charge in [0.25, 0.3) is 0 Å². The lowest BCUT2D eigenvalue weighted by atomic mass is 9.80. The number of halogens is 1. The largest absolute Gasteiger partial charge is 0.478 e. The van der Waals surface area contributed by atoms with Gasteiger partial charge < -0.3 is 15.2 Å². The quantitative estimate of drug-likeness (QED) is 0.846. The molecule has 0 aliphatic heterocycles. The third-order valence-corrected chi connectivity index (χ3v) is 3.89. The van der Waals surface area contributed by atoms with E-state index in [1.807, 2.05) is 6.92 Å². The van der Waals surface area contributed by atoms with Crippen molar-refractivity contribution in [3.63, 3.8) is 0 Å². The van der Waals surface area contributed by atoms with Gasteiger partial charge in [-0.2, -0.15) is 0 Å². The van der Waals surface area contributed by atoms with Crippen LogP contribution in [-0.2, 0) is 9.53 Å². The van der Waals surface area contributed by atoms with Gasteiger partial charge in [-0.25, -0.2) is 4.79 Å². The first kappa shape index (κ1) is 15.8. The molecule has 5 nitrogen and oxygen atoms in total. The van der Waals surface area contributed by atoms with Crippen molar-refractivity contribution < 1.29 is 19.4 Å². The molecule has 0 aromatic heterocycles. The first-order valence-corrected chi connectivity index (χ1v) is 7.32. The van der Waals surface area contributed by atoms with Gasteiger partial charge in [-0.3, -0.25) is 4.79 Å². The zero-order valence-corrected chi connectivity index (χ0v) is 12.5. The maximum Gasteiger partial charge on any atom is 0.339 e. The third kappa shape index (κ3) is 3.95. The third-order valence-electron chi connectivity index (χ3n) is 3.57. The summed E-state index contributed by atoms with van der Waals surface area (Å²) >= 11 is 5.86. The van der Waals surface area contributed by atoms with Crippen LogP contribution in [-0.4, -0.2) is 29.7 Å². The minimum atomic E-state index is -1.16. The standard InChI is InChI=1S/C15H18ClNO4/c1-2-21-10-6-9(7-10)8-13(18)17-12-5-3-4-11(16)14(12)15(19)20/h3-5,9-10H,2,6-8H2,1H3,(H,17,18)(H,19,20). The molecule has 0 atom stereocenters. The summed E-state index contributed by atoms with van der Waals surface area (Å²) in [6.07, 6.45) is 2.38. The van der Waals surface area contributed by atoms with Crippen molar-refractivity contribution in [2.24, 2.45) is 5.92 Å². The number of carboxylic acid groups (broad SMARTS) is 1. The van der Waals surface area contributed by atoms with Gasteiger partial charge in [0.15, 0.2) is 0 Å². The molecule has 114 valence electrons. The zero-order chi connectivity index (χ0) is 15.4. The SMILES string of the molecule is CCOC1CC(CC(=O)Nc2cccc(Cl)c2C(=O)O)C1. The first-order valence-electron chi connectivity index (χ1n) is 6.94. The number of nitrogens with one attached hydrogen (secondary N) is 1. The average molecular weight is 312 g/mol. The van der Waals surface area contributed by atoms with Crippen molar-refractivity contribution in [3.8, 4) is 0 Å². The van der Waals surface area contributed by atoms with Gasteiger partial charge in [-0.1, -0.05) is 17.7 Å². The fourth-order valence-corrected chi connectivity index (χ4v) is 2.78. The number of carboxylic acids is 1. The van der Waals surface area contributed by atoms with Crippen LogP contribution in [0, 0.1) is 5.92 Å². The normalized spacial score (nSPS) is 20.7. The van der Waals surface area contributed by atoms with E-state index in [4.69, 9.17) is 21.4 Å². The molecule has 0 spiro atoms. The second-order valence-corrected chi connectivity index (χ2v) is 5.54. The minimum absolute atomic E-state index is 0.0756. The van der Waals surface area contributed by atoms with Gasteiger partial charge in [0.2, 0.25) is 5.91 Å². The molecule has 1 amide bonds. The summed E-state index contributed by atoms with van der Waals surface area (Å²) < 4.78 is 5.45. The lowest BCUT2D eigenvalue weighted by Gasteiger charge is -2.34. The van der Waals surface area contributed by atoms with Crippen molar-refractivity contribution in [3.05, 3.63) is 28.8 Å². The molecule has 2 N–H and O–H groups in total. The van der Waals surface area contributed by atoms with Crippen molar-refractivity contribution in [2.75, 3.05) is 11.9 Å².